The third-order valence-electron chi connectivity index (χ3n) is 17.5. The average Bonchev–Trinajstić information content (AvgIpc) is 0.810. The van der Waals surface area contributed by atoms with Gasteiger partial charge in [0.05, 0.1) is 56.6 Å². The first-order valence-corrected chi connectivity index (χ1v) is 37.3. The molecule has 0 bridgehead atoms. The van der Waals surface area contributed by atoms with Gasteiger partial charge in [-0.3, -0.25) is 72.6 Å². The van der Waals surface area contributed by atoms with E-state index in [1.807, 2.05) is 0 Å². The molecule has 650 valence electrons. The number of anilines is 2. The Kier molecular flexibility index (Phi) is 43.3. The number of aliphatic hydroxyl groups excluding tert-OH is 16. The van der Waals surface area contributed by atoms with Crippen molar-refractivity contribution in [3.63, 3.8) is 0 Å². The van der Waals surface area contributed by atoms with Crippen LogP contribution in [0.1, 0.15) is 93.1 Å². The lowest BCUT2D eigenvalue weighted by molar-refractivity contribution is -0.142. The second kappa shape index (κ2) is 50.2. The van der Waals surface area contributed by atoms with Gasteiger partial charge < -0.3 is 161 Å². The third-order valence-corrected chi connectivity index (χ3v) is 18.3. The summed E-state index contributed by atoms with van der Waals surface area (Å²) >= 11 is 0. The number of aliphatic hydroxyl groups is 16. The summed E-state index contributed by atoms with van der Waals surface area (Å²) in [4.78, 5) is 201. The Hall–Kier alpha value is -10.3. The number of carbonyl (C=O) groups excluding carboxylic acids is 9. The van der Waals surface area contributed by atoms with E-state index in [4.69, 9.17) is 10.8 Å². The molecule has 1 unspecified atom stereocenters. The van der Waals surface area contributed by atoms with Gasteiger partial charge in [-0.05, 0) is 75.3 Å². The molecule has 3 rings (SSSR count). The van der Waals surface area contributed by atoms with Crippen molar-refractivity contribution in [3.05, 3.63) is 52.1 Å². The van der Waals surface area contributed by atoms with Crippen molar-refractivity contribution in [2.45, 2.75) is 211 Å². The van der Waals surface area contributed by atoms with Gasteiger partial charge >= 0.3 is 23.9 Å². The summed E-state index contributed by atoms with van der Waals surface area (Å²) in [5, 5.41) is 224. The summed E-state index contributed by atoms with van der Waals surface area (Å²) in [6, 6.07) is -8.69. The Morgan fingerprint density at radius 3 is 1.21 bits per heavy atom. The van der Waals surface area contributed by atoms with Gasteiger partial charge in [-0.25, -0.2) is 14.8 Å². The Balaban J connectivity index is 2.05. The summed E-state index contributed by atoms with van der Waals surface area (Å²) in [7, 11) is 0.159. The minimum atomic E-state index is -2.20. The number of hydrogen-bond acceptors (Lipinski definition) is 36. The number of nitrogen functional groups attached to an aromatic ring is 1. The maximum atomic E-state index is 14.7. The lowest BCUT2D eigenvalue weighted by atomic mass is 10.0. The number of aliphatic carboxylic acids is 4. The monoisotopic (exact) mass is 1680 g/mol. The second-order valence-electron chi connectivity index (χ2n) is 26.4. The first-order valence-electron chi connectivity index (χ1n) is 35.9. The number of carbonyl (C=O) groups is 13. The number of benzene rings is 1. The maximum Gasteiger partial charge on any atom is 0.326 e. The van der Waals surface area contributed by atoms with Gasteiger partial charge in [0.1, 0.15) is 103 Å². The lowest BCUT2D eigenvalue weighted by Crippen LogP contribution is -2.59. The van der Waals surface area contributed by atoms with Crippen LogP contribution in [0.2, 0.25) is 6.04 Å². The Bertz CT molecular complexity index is 3820. The molecule has 0 aliphatic heterocycles. The molecule has 20 atom stereocenters. The summed E-state index contributed by atoms with van der Waals surface area (Å²) < 4.78 is 0. The van der Waals surface area contributed by atoms with Gasteiger partial charge in [-0.15, -0.1) is 0 Å². The molecule has 0 spiro atoms. The van der Waals surface area contributed by atoms with Crippen LogP contribution in [0.5, 0.6) is 0 Å². The number of aromatic amines is 1. The van der Waals surface area contributed by atoms with E-state index in [2.05, 4.69) is 78.4 Å². The standard InChI is InChI=1S/C65H102N16O34Si/c66-65-80-55-48(62(111)81-65)72-28(18-71-55)17-67-27-3-1-26(2-4-27)56(105)78-34(63(112)113)8-14-45(94)73-29(5-11-42(91)68-19-36(85)49(99)52(102)39(88)22-82)57(106)76-32(9-15-46(95)96)59(108)74-30(6-12-43(92)69-20-37(86)50(100)53(103)40(89)23-83)58(107)77-33(10-16-47(97)98)60(109)75-31(61(110)79-35(25-116)64(114)115)7-13-44(93)70-21-38(87)51(101)54(104)41(90)24-84/h1-4,18,29-41,43,49-54,67,69,82-90,92,99-104H,5-17,19-25H2,116H3,(H,68,91)(H,70,93)(H,73,94)(H,74,108)(H,75,109)(H,76,106)(H,77,107)(H,78,105)(H,79,110)(H,95,96)(H,97,98)(H,112,113)(H,114,115)(H3,66,71,80,81,111)/t29-,30-,31-,32+,33+,34+,35+,36-,37-,38-,39+,40+,41+,43?,49+,50+,51+,52+,53+,54+/m0/s1. The number of aromatic nitrogens is 4. The van der Waals surface area contributed by atoms with Crippen molar-refractivity contribution in [2.24, 2.45) is 0 Å². The first kappa shape index (κ1) is 99.9. The topological polar surface area (TPSA) is 856 Å². The van der Waals surface area contributed by atoms with E-state index >= 15 is 0 Å². The van der Waals surface area contributed by atoms with Gasteiger partial charge in [0, 0.05) is 73.2 Å². The van der Waals surface area contributed by atoms with Gasteiger partial charge in [0.15, 0.2) is 11.2 Å². The number of nitrogens with zero attached hydrogens (tertiary/aromatic N) is 3. The van der Waals surface area contributed by atoms with Crippen LogP contribution in [0.3, 0.4) is 0 Å². The highest BCUT2D eigenvalue weighted by molar-refractivity contribution is 6.11. The van der Waals surface area contributed by atoms with Crippen molar-refractivity contribution in [1.82, 2.24) is 73.1 Å². The van der Waals surface area contributed by atoms with Crippen molar-refractivity contribution in [2.75, 3.05) is 50.5 Å². The van der Waals surface area contributed by atoms with Crippen molar-refractivity contribution in [3.8, 4) is 0 Å². The quantitative estimate of drug-likeness (QED) is 0.0184. The predicted octanol–water partition coefficient (Wildman–Crippen LogP) is -15.8. The van der Waals surface area contributed by atoms with E-state index in [0.717, 1.165) is 0 Å². The fourth-order valence-corrected chi connectivity index (χ4v) is 11.1. The van der Waals surface area contributed by atoms with Crippen LogP contribution in [-0.4, -0.2) is 371 Å². The molecule has 116 heavy (non-hydrogen) atoms. The molecule has 1 aromatic carbocycles. The molecule has 50 nitrogen and oxygen atoms in total. The Morgan fingerprint density at radius 2 is 0.802 bits per heavy atom. The van der Waals surface area contributed by atoms with Crippen LogP contribution >= 0.6 is 0 Å². The molecule has 9 amide bonds. The molecule has 0 aliphatic carbocycles. The Labute approximate surface area is 659 Å². The van der Waals surface area contributed by atoms with E-state index in [-0.39, 0.29) is 51.2 Å². The molecular weight excluding hydrogens is 1580 g/mol. The normalized spacial score (nSPS) is 16.7. The molecule has 0 fully saturated rings. The van der Waals surface area contributed by atoms with E-state index in [1.165, 1.54) is 30.5 Å². The average molecular weight is 1680 g/mol. The maximum absolute atomic E-state index is 14.7. The van der Waals surface area contributed by atoms with Crippen LogP contribution in [0.4, 0.5) is 11.6 Å². The van der Waals surface area contributed by atoms with Crippen LogP contribution < -0.4 is 69.8 Å². The fraction of sp³-hybridized carbons (Fsp3) is 0.615. The van der Waals surface area contributed by atoms with Gasteiger partial charge in [-0.1, -0.05) is 0 Å². The predicted molar refractivity (Wildman–Crippen MR) is 393 cm³/mol. The summed E-state index contributed by atoms with van der Waals surface area (Å²) in [5.74, 6) is -18.3. The lowest BCUT2D eigenvalue weighted by Gasteiger charge is -2.28. The summed E-state index contributed by atoms with van der Waals surface area (Å²) in [5.41, 5.74) is 5.38. The van der Waals surface area contributed by atoms with E-state index in [1.54, 1.807) is 0 Å². The highest BCUT2D eigenvalue weighted by Crippen LogP contribution is 2.17. The van der Waals surface area contributed by atoms with Gasteiger partial charge in [-0.2, -0.15) is 4.98 Å². The van der Waals surface area contributed by atoms with Crippen LogP contribution in [0, 0.1) is 0 Å². The van der Waals surface area contributed by atoms with Crippen LogP contribution in [-0.2, 0) is 64.1 Å². The number of amides is 9. The molecule has 2 aromatic heterocycles. The number of nitrogens with one attached hydrogen (secondary N) is 12. The number of hydrogen-bond donors (Lipinski definition) is 33. The minimum Gasteiger partial charge on any atom is -0.481 e. The SMILES string of the molecule is Nc1nc2ncc(CNc3ccc(C(=O)N[C@H](CCC(=O)N[C@@H](CCC(=O)NC[C@H](O)[C@@H](O)[C@H](O)[C@H](O)CO)C(=O)N[C@H](CCC(=O)O)C(=O)N[C@@H](CCC(O)NC[C@H](O)[C@@H](O)[C@H](O)[C@H](O)CO)C(=O)N[C@H](CCC(=O)O)C(=O)N[C@@H](CCC(=O)NC[C@H](O)[C@@H](O)[C@H](O)[C@H](O)CO)C(=O)N[C@H](C[SiH3])C(=O)O)C(=O)O)cc3)nc2c(=O)[nH]1. The zero-order valence-electron chi connectivity index (χ0n) is 62.2. The number of nitrogens with two attached hydrogens (primary N) is 1. The number of rotatable bonds is 56. The van der Waals surface area contributed by atoms with Crippen LogP contribution in [0.25, 0.3) is 11.2 Å². The van der Waals surface area contributed by atoms with E-state index < -0.39 is 321 Å². The van der Waals surface area contributed by atoms with Gasteiger partial charge in [0.2, 0.25) is 53.2 Å². The van der Waals surface area contributed by atoms with E-state index in [9.17, 15) is 164 Å². The van der Waals surface area contributed by atoms with Crippen molar-refractivity contribution < 1.29 is 164 Å². The molecule has 51 heteroatoms. The van der Waals surface area contributed by atoms with Crippen LogP contribution in [0.15, 0.2) is 35.3 Å². The highest BCUT2D eigenvalue weighted by atomic mass is 28.1. The van der Waals surface area contributed by atoms with Gasteiger partial charge in [0.25, 0.3) is 11.5 Å². The summed E-state index contributed by atoms with van der Waals surface area (Å²) in [6.45, 7) is -5.79. The molecule has 0 radical (unpaired) electrons. The largest absolute Gasteiger partial charge is 0.481 e. The number of carboxylic acid groups (broad SMARTS) is 4. The molecule has 0 aliphatic rings. The number of carboxylic acids is 4. The zero-order chi connectivity index (χ0) is 87.4. The van der Waals surface area contributed by atoms with E-state index in [0.29, 0.717) is 5.69 Å². The smallest absolute Gasteiger partial charge is 0.326 e. The molecule has 0 saturated carbocycles. The molecule has 0 saturated heterocycles. The Morgan fingerprint density at radius 1 is 0.431 bits per heavy atom. The van der Waals surface area contributed by atoms with Crippen molar-refractivity contribution >= 4 is 110 Å². The number of H-pyrrole nitrogens is 1. The molecule has 34 N–H and O–H groups in total. The molecular formula is C65H102N16O34Si. The van der Waals surface area contributed by atoms with Crippen molar-refractivity contribution in [1.29, 1.82) is 0 Å². The second-order valence-corrected chi connectivity index (χ2v) is 27.3. The molecule has 2 heterocycles. The highest BCUT2D eigenvalue weighted by Gasteiger charge is 2.38. The third kappa shape index (κ3) is 34.2. The zero-order valence-corrected chi connectivity index (χ0v) is 64.2. The summed E-state index contributed by atoms with van der Waals surface area (Å²) in [6.07, 6.45) is -35.9. The number of fused-ring (bicyclic) bond motifs is 1. The molecule has 3 aromatic rings. The first-order chi connectivity index (χ1) is 54.5. The minimum absolute atomic E-state index is 0.00601. The fourth-order valence-electron chi connectivity index (χ4n) is 10.5.